The molecule has 0 radical (unpaired) electrons. The number of carbonyl (C=O) groups is 3. The van der Waals surface area contributed by atoms with Crippen molar-refractivity contribution in [2.45, 2.75) is 348 Å². The number of esters is 3. The van der Waals surface area contributed by atoms with Crippen LogP contribution in [0, 0.1) is 0 Å². The summed E-state index contributed by atoms with van der Waals surface area (Å²) in [5.41, 5.74) is 0. The van der Waals surface area contributed by atoms with Gasteiger partial charge in [0.05, 0.1) is 0 Å². The second-order valence-corrected chi connectivity index (χ2v) is 22.7. The molecule has 0 rings (SSSR count). The highest BCUT2D eigenvalue weighted by Crippen LogP contribution is 2.17. The summed E-state index contributed by atoms with van der Waals surface area (Å²) in [7, 11) is 0. The lowest BCUT2D eigenvalue weighted by Gasteiger charge is -2.18. The molecule has 0 aromatic carbocycles. The summed E-state index contributed by atoms with van der Waals surface area (Å²) >= 11 is 0. The molecule has 6 nitrogen and oxygen atoms in total. The van der Waals surface area contributed by atoms with Crippen LogP contribution in [-0.2, 0) is 28.6 Å². The van der Waals surface area contributed by atoms with Crippen molar-refractivity contribution >= 4 is 17.9 Å². The number of rotatable bonds is 62. The fourth-order valence-electron chi connectivity index (χ4n) is 9.82. The standard InChI is InChI=1S/C73H128O6/c1-4-7-10-13-16-19-22-25-28-31-34-35-36-37-40-42-45-48-51-54-57-60-63-66-72(75)78-69-70(79-73(76)67-64-61-58-55-52-49-46-43-39-33-30-27-24-21-18-15-12-9-6-3)68-77-71(74)65-62-59-56-53-50-47-44-41-38-32-29-26-23-20-17-14-11-8-5-2/h9,12,18,21,26-27,29-30,39,43,49,52,58,61,70H,4-8,10-11,13-17,19-20,22-25,28,31-38,40-42,44-48,50-51,53-57,59-60,62-69H2,1-3H3/b12-9-,21-18-,29-26-,30-27-,43-39-,52-49-,61-58-. The van der Waals surface area contributed by atoms with E-state index in [4.69, 9.17) is 14.2 Å². The normalized spacial score (nSPS) is 12.6. The Morgan fingerprint density at radius 1 is 0.266 bits per heavy atom. The van der Waals surface area contributed by atoms with Gasteiger partial charge in [0.2, 0.25) is 0 Å². The summed E-state index contributed by atoms with van der Waals surface area (Å²) < 4.78 is 16.9. The molecule has 0 aliphatic carbocycles. The zero-order valence-corrected chi connectivity index (χ0v) is 52.4. The van der Waals surface area contributed by atoms with Gasteiger partial charge < -0.3 is 14.2 Å². The third-order valence-electron chi connectivity index (χ3n) is 14.9. The summed E-state index contributed by atoms with van der Waals surface area (Å²) in [5.74, 6) is -0.974. The lowest BCUT2D eigenvalue weighted by molar-refractivity contribution is -0.166. The number of carbonyl (C=O) groups excluding carboxylic acids is 3. The second kappa shape index (κ2) is 67.1. The van der Waals surface area contributed by atoms with E-state index in [9.17, 15) is 14.4 Å². The third-order valence-corrected chi connectivity index (χ3v) is 14.9. The molecule has 0 heterocycles. The van der Waals surface area contributed by atoms with E-state index in [1.54, 1.807) is 0 Å². The zero-order valence-electron chi connectivity index (χ0n) is 52.4. The van der Waals surface area contributed by atoms with Gasteiger partial charge in [0.1, 0.15) is 13.2 Å². The van der Waals surface area contributed by atoms with Crippen molar-refractivity contribution in [1.82, 2.24) is 0 Å². The van der Waals surface area contributed by atoms with Crippen LogP contribution in [0.5, 0.6) is 0 Å². The van der Waals surface area contributed by atoms with Crippen molar-refractivity contribution in [3.63, 3.8) is 0 Å². The number of hydrogen-bond acceptors (Lipinski definition) is 6. The first-order valence-electron chi connectivity index (χ1n) is 34.1. The summed E-state index contributed by atoms with van der Waals surface area (Å²) in [6, 6.07) is 0. The molecule has 0 fully saturated rings. The van der Waals surface area contributed by atoms with Crippen molar-refractivity contribution in [3.05, 3.63) is 85.1 Å². The van der Waals surface area contributed by atoms with Gasteiger partial charge in [-0.05, 0) is 83.5 Å². The van der Waals surface area contributed by atoms with Gasteiger partial charge in [-0.3, -0.25) is 14.4 Å². The van der Waals surface area contributed by atoms with Crippen molar-refractivity contribution in [1.29, 1.82) is 0 Å². The monoisotopic (exact) mass is 1100 g/mol. The van der Waals surface area contributed by atoms with Gasteiger partial charge in [-0.2, -0.15) is 0 Å². The molecule has 0 aliphatic heterocycles. The Kier molecular flexibility index (Phi) is 64.2. The van der Waals surface area contributed by atoms with Gasteiger partial charge in [0.15, 0.2) is 6.10 Å². The SMILES string of the molecule is CC/C=C\C/C=C\C/C=C\C/C=C\C/C=C\C/C=C\CCC(=O)OC(COC(=O)CCCCCCCCCCC/C=C\CCCCCCCC)COC(=O)CCCCCCCCCCCCCCCCCCCCCCCCC. The van der Waals surface area contributed by atoms with E-state index < -0.39 is 6.10 Å². The molecule has 0 aliphatic rings. The molecule has 0 aromatic rings. The van der Waals surface area contributed by atoms with Gasteiger partial charge >= 0.3 is 17.9 Å². The molecular formula is C73H128O6. The minimum absolute atomic E-state index is 0.104. The Morgan fingerprint density at radius 2 is 0.519 bits per heavy atom. The smallest absolute Gasteiger partial charge is 0.306 e. The van der Waals surface area contributed by atoms with Crippen molar-refractivity contribution < 1.29 is 28.6 Å². The van der Waals surface area contributed by atoms with Gasteiger partial charge in [-0.15, -0.1) is 0 Å². The number of ether oxygens (including phenoxy) is 3. The third kappa shape index (κ3) is 65.3. The summed E-state index contributed by atoms with van der Waals surface area (Å²) in [6.07, 6.45) is 89.0. The predicted molar refractivity (Wildman–Crippen MR) is 344 cm³/mol. The predicted octanol–water partition coefficient (Wildman–Crippen LogP) is 23.4. The number of hydrogen-bond donors (Lipinski definition) is 0. The number of allylic oxidation sites excluding steroid dienone is 14. The zero-order chi connectivity index (χ0) is 57.1. The minimum Gasteiger partial charge on any atom is -0.462 e. The van der Waals surface area contributed by atoms with E-state index in [-0.39, 0.29) is 37.5 Å². The minimum atomic E-state index is -0.818. The Bertz CT molecular complexity index is 1500. The Labute approximate surface area is 490 Å². The van der Waals surface area contributed by atoms with Crippen LogP contribution in [0.1, 0.15) is 342 Å². The van der Waals surface area contributed by atoms with Crippen LogP contribution in [0.15, 0.2) is 85.1 Å². The maximum atomic E-state index is 12.9. The molecule has 0 saturated heterocycles. The van der Waals surface area contributed by atoms with E-state index >= 15 is 0 Å². The average molecular weight is 1100 g/mol. The molecule has 0 amide bonds. The molecule has 0 aromatic heterocycles. The highest BCUT2D eigenvalue weighted by Gasteiger charge is 2.19. The van der Waals surface area contributed by atoms with Crippen LogP contribution >= 0.6 is 0 Å². The Hall–Kier alpha value is -3.41. The maximum absolute atomic E-state index is 12.9. The van der Waals surface area contributed by atoms with E-state index in [0.29, 0.717) is 19.3 Å². The first-order chi connectivity index (χ1) is 39.0. The number of unbranched alkanes of at least 4 members (excludes halogenated alkanes) is 37. The van der Waals surface area contributed by atoms with Crippen LogP contribution in [-0.4, -0.2) is 37.2 Å². The van der Waals surface area contributed by atoms with E-state index in [1.807, 2.05) is 6.08 Å². The lowest BCUT2D eigenvalue weighted by Crippen LogP contribution is -2.30. The molecule has 456 valence electrons. The van der Waals surface area contributed by atoms with Crippen LogP contribution < -0.4 is 0 Å². The molecular weight excluding hydrogens is 973 g/mol. The average Bonchev–Trinajstić information content (AvgIpc) is 3.45. The van der Waals surface area contributed by atoms with Gasteiger partial charge in [-0.1, -0.05) is 324 Å². The molecule has 1 unspecified atom stereocenters. The largest absolute Gasteiger partial charge is 0.462 e. The maximum Gasteiger partial charge on any atom is 0.306 e. The highest BCUT2D eigenvalue weighted by atomic mass is 16.6. The highest BCUT2D eigenvalue weighted by molar-refractivity contribution is 5.71. The van der Waals surface area contributed by atoms with E-state index in [1.165, 1.54) is 218 Å². The molecule has 1 atom stereocenters. The Balaban J connectivity index is 4.42. The molecule has 79 heavy (non-hydrogen) atoms. The quantitative estimate of drug-likeness (QED) is 0.0261. The molecule has 0 saturated carbocycles. The van der Waals surface area contributed by atoms with Crippen LogP contribution in [0.2, 0.25) is 0 Å². The molecule has 6 heteroatoms. The fourth-order valence-corrected chi connectivity index (χ4v) is 9.82. The molecule has 0 N–H and O–H groups in total. The molecule has 0 bridgehead atoms. The summed E-state index contributed by atoms with van der Waals surface area (Å²) in [6.45, 7) is 6.51. The van der Waals surface area contributed by atoms with Crippen LogP contribution in [0.4, 0.5) is 0 Å². The van der Waals surface area contributed by atoms with E-state index in [2.05, 4.69) is 99.8 Å². The van der Waals surface area contributed by atoms with Gasteiger partial charge in [0.25, 0.3) is 0 Å². The first kappa shape index (κ1) is 75.6. The van der Waals surface area contributed by atoms with Crippen LogP contribution in [0.25, 0.3) is 0 Å². The summed E-state index contributed by atoms with van der Waals surface area (Å²) in [5, 5.41) is 0. The molecule has 0 spiro atoms. The van der Waals surface area contributed by atoms with Gasteiger partial charge in [-0.25, -0.2) is 0 Å². The first-order valence-corrected chi connectivity index (χ1v) is 34.1. The van der Waals surface area contributed by atoms with E-state index in [0.717, 1.165) is 77.0 Å². The summed E-state index contributed by atoms with van der Waals surface area (Å²) in [4.78, 5) is 38.4. The topological polar surface area (TPSA) is 78.9 Å². The lowest BCUT2D eigenvalue weighted by atomic mass is 10.0. The van der Waals surface area contributed by atoms with Gasteiger partial charge in [0, 0.05) is 19.3 Å². The van der Waals surface area contributed by atoms with Crippen LogP contribution in [0.3, 0.4) is 0 Å². The van der Waals surface area contributed by atoms with Crippen molar-refractivity contribution in [3.8, 4) is 0 Å². The van der Waals surface area contributed by atoms with Crippen molar-refractivity contribution in [2.75, 3.05) is 13.2 Å². The second-order valence-electron chi connectivity index (χ2n) is 22.7. The fraction of sp³-hybridized carbons (Fsp3) is 0.767. The Morgan fingerprint density at radius 3 is 0.823 bits per heavy atom. The van der Waals surface area contributed by atoms with Crippen molar-refractivity contribution in [2.24, 2.45) is 0 Å².